The van der Waals surface area contributed by atoms with Crippen LogP contribution in [-0.4, -0.2) is 49.3 Å². The lowest BCUT2D eigenvalue weighted by Gasteiger charge is -2.19. The number of nitrogens with two attached hydrogens (primary N) is 1. The Morgan fingerprint density at radius 3 is 0.885 bits per heavy atom. The molecule has 3 N–H and O–H groups in total. The highest BCUT2D eigenvalue weighted by atomic mass is 31.2. The van der Waals surface area contributed by atoms with E-state index < -0.39 is 26.5 Å². The van der Waals surface area contributed by atoms with Crippen molar-refractivity contribution in [2.45, 2.75) is 302 Å². The van der Waals surface area contributed by atoms with Crippen LogP contribution in [-0.2, 0) is 32.7 Å². The summed E-state index contributed by atoms with van der Waals surface area (Å²) in [7, 11) is -4.40. The number of ether oxygens (including phenoxy) is 2. The molecule has 0 saturated heterocycles. The average Bonchev–Trinajstić information content (AvgIpc) is 3.65. The second kappa shape index (κ2) is 71.0. The summed E-state index contributed by atoms with van der Waals surface area (Å²) in [5.41, 5.74) is 5.40. The summed E-state index contributed by atoms with van der Waals surface area (Å²) in [4.78, 5) is 35.4. The molecule has 2 atom stereocenters. The van der Waals surface area contributed by atoms with Crippen molar-refractivity contribution in [2.75, 3.05) is 26.4 Å². The predicted octanol–water partition coefficient (Wildman–Crippen LogP) is 23.4. The second-order valence-corrected chi connectivity index (χ2v) is 24.4. The van der Waals surface area contributed by atoms with Crippen LogP contribution in [0.2, 0.25) is 0 Å². The van der Waals surface area contributed by atoms with Crippen molar-refractivity contribution in [3.8, 4) is 0 Å². The van der Waals surface area contributed by atoms with E-state index in [1.165, 1.54) is 135 Å². The molecule has 10 heteroatoms. The van der Waals surface area contributed by atoms with Gasteiger partial charge in [0.15, 0.2) is 6.10 Å². The van der Waals surface area contributed by atoms with Crippen LogP contribution in [0.3, 0.4) is 0 Å². The predicted molar refractivity (Wildman–Crippen MR) is 376 cm³/mol. The Hall–Kier alpha value is -4.11. The van der Waals surface area contributed by atoms with Gasteiger partial charge in [0.1, 0.15) is 6.61 Å². The summed E-state index contributed by atoms with van der Waals surface area (Å²) in [6.45, 7) is 3.52. The summed E-state index contributed by atoms with van der Waals surface area (Å²) >= 11 is 0. The largest absolute Gasteiger partial charge is 0.472 e. The number of phosphoric acid groups is 1. The Labute approximate surface area is 535 Å². The van der Waals surface area contributed by atoms with Gasteiger partial charge < -0.3 is 20.1 Å². The topological polar surface area (TPSA) is 134 Å². The van der Waals surface area contributed by atoms with Crippen LogP contribution in [0.5, 0.6) is 0 Å². The average molecular weight is 1230 g/mol. The van der Waals surface area contributed by atoms with Crippen molar-refractivity contribution >= 4 is 19.8 Å². The van der Waals surface area contributed by atoms with E-state index in [-0.39, 0.29) is 38.6 Å². The molecule has 0 aromatic carbocycles. The van der Waals surface area contributed by atoms with E-state index in [9.17, 15) is 19.0 Å². The maximum atomic E-state index is 12.8. The Bertz CT molecular complexity index is 1940. The van der Waals surface area contributed by atoms with Gasteiger partial charge in [-0.3, -0.25) is 18.6 Å². The molecule has 0 radical (unpaired) electrons. The van der Waals surface area contributed by atoms with Gasteiger partial charge in [-0.2, -0.15) is 0 Å². The molecule has 0 aliphatic rings. The second-order valence-electron chi connectivity index (χ2n) is 23.0. The highest BCUT2D eigenvalue weighted by molar-refractivity contribution is 7.47. The molecule has 0 heterocycles. The van der Waals surface area contributed by atoms with E-state index in [0.717, 1.165) is 128 Å². The minimum absolute atomic E-state index is 0.0477. The number of rotatable bonds is 65. The molecule has 0 rings (SSSR count). The molecule has 0 spiro atoms. The quantitative estimate of drug-likeness (QED) is 0.0264. The summed E-state index contributed by atoms with van der Waals surface area (Å²) in [6, 6.07) is 0. The summed E-state index contributed by atoms with van der Waals surface area (Å²) in [6.07, 6.45) is 102. The molecule has 0 saturated carbocycles. The Kier molecular flexibility index (Phi) is 67.6. The molecule has 0 aliphatic heterocycles. The molecule has 0 fully saturated rings. The molecular formula is C77H130NO8P. The highest BCUT2D eigenvalue weighted by Gasteiger charge is 2.26. The first-order chi connectivity index (χ1) is 42.8. The van der Waals surface area contributed by atoms with Crippen molar-refractivity contribution in [2.24, 2.45) is 5.73 Å². The lowest BCUT2D eigenvalue weighted by molar-refractivity contribution is -0.161. The standard InChI is InChI=1S/C77H130NO8P/c1-3-5-7-9-11-13-15-17-19-21-23-25-27-29-30-31-32-33-34-35-36-37-38-39-40-41-42-43-44-46-48-50-52-54-56-58-60-62-64-66-68-70-77(80)86-75(74-85-87(81,82)84-72-71-78)73-83-76(79)69-67-65-63-61-59-57-55-53-51-49-47-45-28-26-24-22-20-18-16-14-12-10-8-6-4-2/h5-8,11-14,17-20,23-26,29-30,32-33,35-36,45,47,75H,3-4,9-10,15-16,21-22,27-28,31,34,37-44,46,48-74,78H2,1-2H3,(H,81,82)/b7-5-,8-6-,13-11-,14-12-,19-17-,20-18-,25-23-,26-24-,30-29-,33-32-,36-35-,47-45-. The molecule has 0 aromatic rings. The van der Waals surface area contributed by atoms with Gasteiger partial charge in [-0.1, -0.05) is 314 Å². The number of unbranched alkanes of at least 4 members (excludes halogenated alkanes) is 28. The van der Waals surface area contributed by atoms with E-state index in [1.807, 2.05) is 0 Å². The SMILES string of the molecule is CC/C=C\C/C=C\C/C=C\C/C=C\C/C=C\C/C=C\C/C=C\CCCCCCCCCCCCCCCCCCCCCC(=O)OC(COC(=O)CCCCCCCCCCC/C=C\C/C=C\C/C=C\C/C=C\C/C=C\CC)COP(=O)(O)OCCN. The molecule has 2 unspecified atom stereocenters. The first-order valence-electron chi connectivity index (χ1n) is 35.3. The first-order valence-corrected chi connectivity index (χ1v) is 36.8. The molecule has 0 aliphatic carbocycles. The third-order valence-electron chi connectivity index (χ3n) is 14.7. The Balaban J connectivity index is 3.87. The minimum atomic E-state index is -4.40. The lowest BCUT2D eigenvalue weighted by Crippen LogP contribution is -2.29. The zero-order valence-corrected chi connectivity index (χ0v) is 56.6. The number of carbonyl (C=O) groups excluding carboxylic acids is 2. The van der Waals surface area contributed by atoms with Crippen molar-refractivity contribution in [3.63, 3.8) is 0 Å². The van der Waals surface area contributed by atoms with Gasteiger partial charge in [0, 0.05) is 19.4 Å². The molecule has 0 amide bonds. The fourth-order valence-corrected chi connectivity index (χ4v) is 10.4. The van der Waals surface area contributed by atoms with Crippen LogP contribution in [0, 0.1) is 0 Å². The van der Waals surface area contributed by atoms with Crippen LogP contribution in [0.15, 0.2) is 146 Å². The smallest absolute Gasteiger partial charge is 0.462 e. The van der Waals surface area contributed by atoms with Crippen LogP contribution < -0.4 is 5.73 Å². The highest BCUT2D eigenvalue weighted by Crippen LogP contribution is 2.43. The van der Waals surface area contributed by atoms with Crippen molar-refractivity contribution in [1.82, 2.24) is 0 Å². The van der Waals surface area contributed by atoms with Gasteiger partial charge in [-0.15, -0.1) is 0 Å². The zero-order valence-electron chi connectivity index (χ0n) is 55.7. The third kappa shape index (κ3) is 70.8. The van der Waals surface area contributed by atoms with Gasteiger partial charge in [0.25, 0.3) is 0 Å². The van der Waals surface area contributed by atoms with Crippen LogP contribution in [0.4, 0.5) is 0 Å². The lowest BCUT2D eigenvalue weighted by atomic mass is 10.0. The number of carbonyl (C=O) groups is 2. The number of phosphoric ester groups is 1. The maximum absolute atomic E-state index is 12.8. The normalized spacial score (nSPS) is 13.8. The number of hydrogen-bond acceptors (Lipinski definition) is 8. The summed E-state index contributed by atoms with van der Waals surface area (Å²) < 4.78 is 33.2. The fraction of sp³-hybridized carbons (Fsp3) is 0.662. The van der Waals surface area contributed by atoms with E-state index in [1.54, 1.807) is 0 Å². The van der Waals surface area contributed by atoms with Crippen molar-refractivity contribution in [1.29, 1.82) is 0 Å². The fourth-order valence-electron chi connectivity index (χ4n) is 9.59. The Morgan fingerprint density at radius 2 is 0.598 bits per heavy atom. The number of hydrogen-bond donors (Lipinski definition) is 2. The maximum Gasteiger partial charge on any atom is 0.472 e. The molecule has 87 heavy (non-hydrogen) atoms. The van der Waals surface area contributed by atoms with Crippen LogP contribution >= 0.6 is 7.82 Å². The minimum Gasteiger partial charge on any atom is -0.462 e. The molecule has 0 aromatic heterocycles. The van der Waals surface area contributed by atoms with E-state index in [0.29, 0.717) is 6.42 Å². The first kappa shape index (κ1) is 82.9. The van der Waals surface area contributed by atoms with Gasteiger partial charge in [-0.05, 0) is 116 Å². The molecular weight excluding hydrogens is 1100 g/mol. The van der Waals surface area contributed by atoms with Gasteiger partial charge >= 0.3 is 19.8 Å². The number of esters is 2. The monoisotopic (exact) mass is 1230 g/mol. The Morgan fingerprint density at radius 1 is 0.345 bits per heavy atom. The summed E-state index contributed by atoms with van der Waals surface area (Å²) in [5.74, 6) is -0.832. The molecule has 9 nitrogen and oxygen atoms in total. The summed E-state index contributed by atoms with van der Waals surface area (Å²) in [5, 5.41) is 0. The molecule has 496 valence electrons. The molecule has 0 bridgehead atoms. The van der Waals surface area contributed by atoms with Gasteiger partial charge in [0.05, 0.1) is 13.2 Å². The van der Waals surface area contributed by atoms with Crippen LogP contribution in [0.1, 0.15) is 296 Å². The van der Waals surface area contributed by atoms with E-state index in [4.69, 9.17) is 24.3 Å². The van der Waals surface area contributed by atoms with E-state index >= 15 is 0 Å². The van der Waals surface area contributed by atoms with E-state index in [2.05, 4.69) is 160 Å². The van der Waals surface area contributed by atoms with Crippen molar-refractivity contribution in [3.05, 3.63) is 146 Å². The van der Waals surface area contributed by atoms with Gasteiger partial charge in [-0.25, -0.2) is 4.57 Å². The van der Waals surface area contributed by atoms with Crippen LogP contribution in [0.25, 0.3) is 0 Å². The van der Waals surface area contributed by atoms with Crippen molar-refractivity contribution < 1.29 is 37.6 Å². The third-order valence-corrected chi connectivity index (χ3v) is 15.7. The van der Waals surface area contributed by atoms with Gasteiger partial charge in [0.2, 0.25) is 0 Å². The zero-order chi connectivity index (χ0) is 63.0. The number of allylic oxidation sites excluding steroid dienone is 24.